The highest BCUT2D eigenvalue weighted by Crippen LogP contribution is 2.25. The second-order valence-corrected chi connectivity index (χ2v) is 5.39. The van der Waals surface area contributed by atoms with Crippen molar-refractivity contribution in [1.29, 1.82) is 0 Å². The summed E-state index contributed by atoms with van der Waals surface area (Å²) in [6.07, 6.45) is -2.52. The Bertz CT molecular complexity index is 757. The fourth-order valence-corrected chi connectivity index (χ4v) is 2.71. The Morgan fingerprint density at radius 3 is 2.77 bits per heavy atom. The lowest BCUT2D eigenvalue weighted by molar-refractivity contribution is -0.274. The number of aromatic nitrogens is 2. The van der Waals surface area contributed by atoms with E-state index in [0.29, 0.717) is 12.1 Å². The molecule has 0 spiro atoms. The number of rotatable bonds is 2. The molecule has 1 aromatic carbocycles. The number of likely N-dealkylation sites (tertiary alicyclic amines) is 1. The van der Waals surface area contributed by atoms with Crippen molar-refractivity contribution in [1.82, 2.24) is 14.5 Å². The molecule has 0 saturated carbocycles. The first-order valence-electron chi connectivity index (χ1n) is 6.79. The van der Waals surface area contributed by atoms with E-state index in [4.69, 9.17) is 0 Å². The number of halogens is 3. The van der Waals surface area contributed by atoms with E-state index in [1.165, 1.54) is 17.0 Å². The number of ether oxygens (including phenoxy) is 1. The van der Waals surface area contributed by atoms with Gasteiger partial charge in [-0.25, -0.2) is 4.98 Å². The lowest BCUT2D eigenvalue weighted by Gasteiger charge is -2.14. The maximum atomic E-state index is 12.5. The molecule has 1 atom stereocenters. The molecule has 1 aliphatic heterocycles. The van der Waals surface area contributed by atoms with Crippen LogP contribution in [0.5, 0.6) is 5.75 Å². The smallest absolute Gasteiger partial charge is 0.406 e. The van der Waals surface area contributed by atoms with Gasteiger partial charge in [-0.15, -0.1) is 13.2 Å². The third-order valence-electron chi connectivity index (χ3n) is 3.75. The van der Waals surface area contributed by atoms with Gasteiger partial charge in [-0.05, 0) is 38.2 Å². The molecule has 0 aliphatic carbocycles. The molecule has 8 heteroatoms. The van der Waals surface area contributed by atoms with Crippen molar-refractivity contribution in [3.63, 3.8) is 0 Å². The molecule has 2 aromatic rings. The van der Waals surface area contributed by atoms with Gasteiger partial charge in [0.2, 0.25) is 0 Å². The van der Waals surface area contributed by atoms with Gasteiger partial charge >= 0.3 is 6.36 Å². The largest absolute Gasteiger partial charge is 0.573 e. The Balaban J connectivity index is 2.03. The molecular formula is C14H14F3N3O2. The molecule has 3 rings (SSSR count). The lowest BCUT2D eigenvalue weighted by atomic mass is 10.2. The Morgan fingerprint density at radius 2 is 2.14 bits per heavy atom. The van der Waals surface area contributed by atoms with Crippen LogP contribution in [-0.4, -0.2) is 41.0 Å². The van der Waals surface area contributed by atoms with Crippen molar-refractivity contribution in [2.75, 3.05) is 20.1 Å². The topological polar surface area (TPSA) is 47.4 Å². The second-order valence-electron chi connectivity index (χ2n) is 5.39. The molecule has 1 saturated heterocycles. The summed E-state index contributed by atoms with van der Waals surface area (Å²) in [4.78, 5) is 18.8. The molecule has 2 heterocycles. The number of likely N-dealkylation sites (N-methyl/N-ethyl adjacent to an activating group) is 1. The molecule has 0 N–H and O–H groups in total. The Labute approximate surface area is 123 Å². The zero-order valence-electron chi connectivity index (χ0n) is 11.8. The van der Waals surface area contributed by atoms with Crippen LogP contribution in [-0.2, 0) is 0 Å². The van der Waals surface area contributed by atoms with Crippen LogP contribution in [0, 0.1) is 0 Å². The average molecular weight is 313 g/mol. The van der Waals surface area contributed by atoms with Crippen LogP contribution in [0.4, 0.5) is 13.2 Å². The fourth-order valence-electron chi connectivity index (χ4n) is 2.71. The van der Waals surface area contributed by atoms with Crippen LogP contribution < -0.4 is 10.3 Å². The molecule has 5 nitrogen and oxygen atoms in total. The summed E-state index contributed by atoms with van der Waals surface area (Å²) in [6.45, 7) is 1.58. The Hall–Kier alpha value is -2.09. The maximum absolute atomic E-state index is 12.5. The van der Waals surface area contributed by atoms with Gasteiger partial charge in [0.25, 0.3) is 5.56 Å². The second kappa shape index (κ2) is 5.28. The predicted molar refractivity (Wildman–Crippen MR) is 73.8 cm³/mol. The quantitative estimate of drug-likeness (QED) is 0.852. The molecular weight excluding hydrogens is 299 g/mol. The highest BCUT2D eigenvalue weighted by Gasteiger charge is 2.31. The van der Waals surface area contributed by atoms with Crippen molar-refractivity contribution in [2.45, 2.75) is 18.8 Å². The number of alkyl halides is 3. The lowest BCUT2D eigenvalue weighted by Crippen LogP contribution is -2.27. The van der Waals surface area contributed by atoms with Crippen LogP contribution in [0.1, 0.15) is 12.5 Å². The summed E-state index contributed by atoms with van der Waals surface area (Å²) in [5.74, 6) is -0.416. The highest BCUT2D eigenvalue weighted by molar-refractivity contribution is 5.78. The van der Waals surface area contributed by atoms with E-state index in [9.17, 15) is 18.0 Å². The molecule has 0 radical (unpaired) electrons. The van der Waals surface area contributed by atoms with Crippen LogP contribution >= 0.6 is 0 Å². The minimum atomic E-state index is -4.79. The molecule has 0 bridgehead atoms. The molecule has 0 amide bonds. The maximum Gasteiger partial charge on any atom is 0.573 e. The third-order valence-corrected chi connectivity index (χ3v) is 3.75. The number of benzene rings is 1. The van der Waals surface area contributed by atoms with Gasteiger partial charge in [0, 0.05) is 6.54 Å². The zero-order valence-corrected chi connectivity index (χ0v) is 11.8. The molecule has 1 aliphatic rings. The molecule has 0 unspecified atom stereocenters. The fraction of sp³-hybridized carbons (Fsp3) is 0.429. The monoisotopic (exact) mass is 313 g/mol. The summed E-state index contributed by atoms with van der Waals surface area (Å²) in [7, 11) is 1.95. The summed E-state index contributed by atoms with van der Waals surface area (Å²) in [6, 6.07) is 3.58. The van der Waals surface area contributed by atoms with E-state index < -0.39 is 12.1 Å². The van der Waals surface area contributed by atoms with E-state index in [0.717, 1.165) is 25.1 Å². The van der Waals surface area contributed by atoms with Crippen molar-refractivity contribution >= 4 is 10.9 Å². The number of hydrogen-bond acceptors (Lipinski definition) is 4. The SMILES string of the molecule is CN1CC[C@H](n2cnc3ccc(OC(F)(F)F)cc3c2=O)C1. The van der Waals surface area contributed by atoms with Crippen molar-refractivity contribution in [3.05, 3.63) is 34.9 Å². The van der Waals surface area contributed by atoms with Crippen LogP contribution in [0.2, 0.25) is 0 Å². The summed E-state index contributed by atoms with van der Waals surface area (Å²) >= 11 is 0. The number of fused-ring (bicyclic) bond motifs is 1. The van der Waals surface area contributed by atoms with Gasteiger partial charge in [0.15, 0.2) is 0 Å². The van der Waals surface area contributed by atoms with Gasteiger partial charge in [-0.1, -0.05) is 0 Å². The first-order valence-corrected chi connectivity index (χ1v) is 6.79. The van der Waals surface area contributed by atoms with Crippen molar-refractivity contribution in [2.24, 2.45) is 0 Å². The zero-order chi connectivity index (χ0) is 15.9. The third kappa shape index (κ3) is 2.92. The minimum Gasteiger partial charge on any atom is -0.406 e. The molecule has 118 valence electrons. The highest BCUT2D eigenvalue weighted by atomic mass is 19.4. The van der Waals surface area contributed by atoms with Crippen LogP contribution in [0.25, 0.3) is 10.9 Å². The van der Waals surface area contributed by atoms with Crippen molar-refractivity contribution < 1.29 is 17.9 Å². The van der Waals surface area contributed by atoms with E-state index in [2.05, 4.69) is 14.6 Å². The molecule has 22 heavy (non-hydrogen) atoms. The summed E-state index contributed by atoms with van der Waals surface area (Å²) in [5.41, 5.74) is 0.0000468. The minimum absolute atomic E-state index is 0.0124. The summed E-state index contributed by atoms with van der Waals surface area (Å²) in [5, 5.41) is 0.124. The normalized spacial score (nSPS) is 19.7. The van der Waals surface area contributed by atoms with E-state index in [-0.39, 0.29) is 17.0 Å². The van der Waals surface area contributed by atoms with Gasteiger partial charge in [0.05, 0.1) is 23.3 Å². The summed E-state index contributed by atoms with van der Waals surface area (Å²) < 4.78 is 42.2. The van der Waals surface area contributed by atoms with E-state index in [1.807, 2.05) is 7.05 Å². The Kier molecular flexibility index (Phi) is 3.56. The van der Waals surface area contributed by atoms with Crippen molar-refractivity contribution in [3.8, 4) is 5.75 Å². The standard InChI is InChI=1S/C14H14F3N3O2/c1-19-5-4-9(7-19)20-8-18-12-3-2-10(22-14(15,16)17)6-11(12)13(20)21/h2-3,6,8-9H,4-5,7H2,1H3/t9-/m0/s1. The first kappa shape index (κ1) is 14.8. The Morgan fingerprint density at radius 1 is 1.36 bits per heavy atom. The number of nitrogens with zero attached hydrogens (tertiary/aromatic N) is 3. The van der Waals surface area contributed by atoms with Gasteiger partial charge < -0.3 is 9.64 Å². The molecule has 1 fully saturated rings. The van der Waals surface area contributed by atoms with Crippen LogP contribution in [0.3, 0.4) is 0 Å². The number of hydrogen-bond donors (Lipinski definition) is 0. The predicted octanol–water partition coefficient (Wildman–Crippen LogP) is 2.17. The van der Waals surface area contributed by atoms with E-state index >= 15 is 0 Å². The molecule has 1 aromatic heterocycles. The first-order chi connectivity index (χ1) is 10.3. The van der Waals surface area contributed by atoms with Gasteiger partial charge in [-0.2, -0.15) is 0 Å². The van der Waals surface area contributed by atoms with Gasteiger partial charge in [-0.3, -0.25) is 9.36 Å². The van der Waals surface area contributed by atoms with Gasteiger partial charge in [0.1, 0.15) is 5.75 Å². The average Bonchev–Trinajstić information content (AvgIpc) is 2.84. The van der Waals surface area contributed by atoms with Crippen LogP contribution in [0.15, 0.2) is 29.3 Å². The van der Waals surface area contributed by atoms with E-state index in [1.54, 1.807) is 0 Å².